The highest BCUT2D eigenvalue weighted by Crippen LogP contribution is 2.34. The molecule has 3 aromatic rings. The highest BCUT2D eigenvalue weighted by Gasteiger charge is 2.44. The van der Waals surface area contributed by atoms with Crippen LogP contribution in [0, 0.1) is 0 Å². The van der Waals surface area contributed by atoms with Crippen LogP contribution in [0.4, 0.5) is 30.4 Å². The predicted octanol–water partition coefficient (Wildman–Crippen LogP) is 4.00. The number of carbonyl (C=O) groups is 1. The second kappa shape index (κ2) is 9.08. The summed E-state index contributed by atoms with van der Waals surface area (Å²) in [5.41, 5.74) is 2.17. The highest BCUT2D eigenvalue weighted by molar-refractivity contribution is 7.92. The summed E-state index contributed by atoms with van der Waals surface area (Å²) in [6.07, 6.45) is -2.58. The zero-order valence-corrected chi connectivity index (χ0v) is 19.8. The number of rotatable bonds is 5. The maximum Gasteiger partial charge on any atom is 0.471 e. The molecular weight excluding hydrogens is 495 g/mol. The summed E-state index contributed by atoms with van der Waals surface area (Å²) in [5.74, 6) is -1.13. The van der Waals surface area contributed by atoms with E-state index >= 15 is 0 Å². The molecule has 0 spiro atoms. The molecule has 12 heteroatoms. The minimum absolute atomic E-state index is 0.0671. The fourth-order valence-corrected chi connectivity index (χ4v) is 5.54. The normalized spacial score (nSPS) is 15.8. The van der Waals surface area contributed by atoms with Crippen LogP contribution in [-0.4, -0.2) is 50.3 Å². The number of nitrogens with zero attached hydrogens (tertiary/aromatic N) is 4. The number of benzene rings is 2. The molecule has 0 unspecified atom stereocenters. The Morgan fingerprint density at radius 1 is 0.917 bits per heavy atom. The van der Waals surface area contributed by atoms with Crippen molar-refractivity contribution in [3.05, 3.63) is 60.2 Å². The Kier molecular flexibility index (Phi) is 6.07. The molecule has 0 atom stereocenters. The number of sulfonamides is 1. The van der Waals surface area contributed by atoms with Gasteiger partial charge in [-0.15, -0.1) is 10.2 Å². The van der Waals surface area contributed by atoms with Gasteiger partial charge < -0.3 is 9.80 Å². The lowest BCUT2D eigenvalue weighted by atomic mass is 10.1. The minimum Gasteiger partial charge on any atom is -0.355 e. The van der Waals surface area contributed by atoms with E-state index in [-0.39, 0.29) is 23.5 Å². The first-order chi connectivity index (χ1) is 17.1. The maximum absolute atomic E-state index is 12.9. The van der Waals surface area contributed by atoms with Crippen molar-refractivity contribution in [2.45, 2.75) is 30.3 Å². The molecule has 0 aliphatic carbocycles. The van der Waals surface area contributed by atoms with Crippen molar-refractivity contribution in [1.82, 2.24) is 10.2 Å². The van der Waals surface area contributed by atoms with Gasteiger partial charge in [-0.3, -0.25) is 9.52 Å². The number of hydrogen-bond acceptors (Lipinski definition) is 6. The number of carbonyl (C=O) groups excluding carboxylic acids is 1. The van der Waals surface area contributed by atoms with Gasteiger partial charge in [0.05, 0.1) is 10.6 Å². The number of amides is 1. The SMILES string of the molecule is O=C(N1CCc2cc(S(=O)(=O)Nc3ccc(-c4ccc(N5CCCC5)nn4)cc3)ccc21)C(F)(F)F. The highest BCUT2D eigenvalue weighted by atomic mass is 32.2. The number of aromatic nitrogens is 2. The van der Waals surface area contributed by atoms with Crippen molar-refractivity contribution in [2.75, 3.05) is 34.2 Å². The predicted molar refractivity (Wildman–Crippen MR) is 128 cm³/mol. The van der Waals surface area contributed by atoms with E-state index in [2.05, 4.69) is 19.8 Å². The molecule has 1 saturated heterocycles. The summed E-state index contributed by atoms with van der Waals surface area (Å²) in [7, 11) is -4.00. The van der Waals surface area contributed by atoms with Gasteiger partial charge in [-0.1, -0.05) is 12.1 Å². The Hall–Kier alpha value is -3.67. The van der Waals surface area contributed by atoms with Crippen LogP contribution in [0.15, 0.2) is 59.5 Å². The van der Waals surface area contributed by atoms with E-state index in [1.165, 1.54) is 18.2 Å². The van der Waals surface area contributed by atoms with E-state index in [1.807, 2.05) is 12.1 Å². The monoisotopic (exact) mass is 517 g/mol. The molecule has 1 amide bonds. The van der Waals surface area contributed by atoms with Crippen molar-refractivity contribution in [3.8, 4) is 11.3 Å². The fraction of sp³-hybridized carbons (Fsp3) is 0.292. The van der Waals surface area contributed by atoms with Gasteiger partial charge in [0.2, 0.25) is 0 Å². The number of alkyl halides is 3. The van der Waals surface area contributed by atoms with Gasteiger partial charge in [-0.05, 0) is 67.3 Å². The lowest BCUT2D eigenvalue weighted by Crippen LogP contribution is -2.40. The molecule has 5 rings (SSSR count). The third-order valence-corrected chi connectivity index (χ3v) is 7.64. The summed E-state index contributed by atoms with van der Waals surface area (Å²) in [6, 6.07) is 14.1. The Labute approximate surface area is 205 Å². The van der Waals surface area contributed by atoms with Gasteiger partial charge in [0.15, 0.2) is 5.82 Å². The van der Waals surface area contributed by atoms with E-state index in [9.17, 15) is 26.4 Å². The Balaban J connectivity index is 1.29. The molecule has 8 nitrogen and oxygen atoms in total. The fourth-order valence-electron chi connectivity index (χ4n) is 4.43. The number of fused-ring (bicyclic) bond motifs is 1. The molecule has 1 fully saturated rings. The molecular formula is C24H22F3N5O3S. The molecule has 188 valence electrons. The Bertz CT molecular complexity index is 1390. The van der Waals surface area contributed by atoms with Crippen molar-refractivity contribution >= 4 is 33.1 Å². The molecule has 3 heterocycles. The molecule has 2 aromatic carbocycles. The van der Waals surface area contributed by atoms with Crippen molar-refractivity contribution in [2.24, 2.45) is 0 Å². The number of hydrogen-bond donors (Lipinski definition) is 1. The van der Waals surface area contributed by atoms with Crippen molar-refractivity contribution in [3.63, 3.8) is 0 Å². The average Bonchev–Trinajstić information content (AvgIpc) is 3.53. The molecule has 0 bridgehead atoms. The van der Waals surface area contributed by atoms with Crippen LogP contribution in [0.1, 0.15) is 18.4 Å². The maximum atomic E-state index is 12.9. The van der Waals surface area contributed by atoms with E-state index in [1.54, 1.807) is 24.3 Å². The molecule has 0 saturated carbocycles. The van der Waals surface area contributed by atoms with Gasteiger partial charge in [0.1, 0.15) is 0 Å². The number of nitrogens with one attached hydrogen (secondary N) is 1. The van der Waals surface area contributed by atoms with E-state index in [0.29, 0.717) is 21.8 Å². The van der Waals surface area contributed by atoms with E-state index < -0.39 is 22.1 Å². The largest absolute Gasteiger partial charge is 0.471 e. The average molecular weight is 518 g/mol. The molecule has 36 heavy (non-hydrogen) atoms. The third-order valence-electron chi connectivity index (χ3n) is 6.26. The van der Waals surface area contributed by atoms with Gasteiger partial charge in [-0.25, -0.2) is 8.42 Å². The molecule has 0 radical (unpaired) electrons. The first kappa shape index (κ1) is 24.0. The van der Waals surface area contributed by atoms with Gasteiger partial charge >= 0.3 is 12.1 Å². The van der Waals surface area contributed by atoms with Crippen molar-refractivity contribution in [1.29, 1.82) is 0 Å². The lowest BCUT2D eigenvalue weighted by Gasteiger charge is -2.19. The first-order valence-electron chi connectivity index (χ1n) is 11.4. The Morgan fingerprint density at radius 3 is 2.28 bits per heavy atom. The standard InChI is InChI=1S/C24H22F3N5O3S/c25-24(26,27)23(33)32-14-11-17-15-19(7-9-21(17)32)36(34,35)30-18-5-3-16(4-6-18)20-8-10-22(29-28-20)31-12-1-2-13-31/h3-10,15,30H,1-2,11-14H2. The summed E-state index contributed by atoms with van der Waals surface area (Å²) in [5, 5.41) is 8.58. The lowest BCUT2D eigenvalue weighted by molar-refractivity contribution is -0.170. The molecule has 2 aliphatic rings. The minimum atomic E-state index is -5.00. The van der Waals surface area contributed by atoms with Crippen molar-refractivity contribution < 1.29 is 26.4 Å². The summed E-state index contributed by atoms with van der Waals surface area (Å²) in [6.45, 7) is 1.78. The van der Waals surface area contributed by atoms with E-state index in [4.69, 9.17) is 0 Å². The summed E-state index contributed by atoms with van der Waals surface area (Å²) >= 11 is 0. The van der Waals surface area contributed by atoms with Crippen LogP contribution in [0.25, 0.3) is 11.3 Å². The Morgan fingerprint density at radius 2 is 1.64 bits per heavy atom. The zero-order valence-electron chi connectivity index (χ0n) is 19.0. The molecule has 1 aromatic heterocycles. The van der Waals surface area contributed by atoms with Crippen LogP contribution >= 0.6 is 0 Å². The van der Waals surface area contributed by atoms with Gasteiger partial charge in [-0.2, -0.15) is 13.2 Å². The number of anilines is 3. The van der Waals surface area contributed by atoms with Gasteiger partial charge in [0.25, 0.3) is 10.0 Å². The van der Waals surface area contributed by atoms with Crippen LogP contribution in [0.2, 0.25) is 0 Å². The quantitative estimate of drug-likeness (QED) is 0.550. The zero-order chi connectivity index (χ0) is 25.5. The summed E-state index contributed by atoms with van der Waals surface area (Å²) < 4.78 is 66.7. The second-order valence-corrected chi connectivity index (χ2v) is 10.3. The first-order valence-corrected chi connectivity index (χ1v) is 12.8. The van der Waals surface area contributed by atoms with Crippen LogP contribution < -0.4 is 14.5 Å². The van der Waals surface area contributed by atoms with Crippen LogP contribution in [0.5, 0.6) is 0 Å². The van der Waals surface area contributed by atoms with Crippen LogP contribution in [-0.2, 0) is 21.2 Å². The topological polar surface area (TPSA) is 95.5 Å². The van der Waals surface area contributed by atoms with Gasteiger partial charge in [0, 0.05) is 36.6 Å². The summed E-state index contributed by atoms with van der Waals surface area (Å²) in [4.78, 5) is 14.3. The smallest absolute Gasteiger partial charge is 0.355 e. The van der Waals surface area contributed by atoms with Crippen LogP contribution in [0.3, 0.4) is 0 Å². The molecule has 1 N–H and O–H groups in total. The van der Waals surface area contributed by atoms with E-state index in [0.717, 1.165) is 37.3 Å². The third kappa shape index (κ3) is 4.72. The second-order valence-electron chi connectivity index (χ2n) is 8.65. The number of halogens is 3. The molecule has 2 aliphatic heterocycles.